The van der Waals surface area contributed by atoms with E-state index in [-0.39, 0.29) is 5.75 Å². The molecule has 0 amide bonds. The largest absolute Gasteiger partial charge is 0.506 e. The number of aromatic nitrogens is 1. The van der Waals surface area contributed by atoms with E-state index in [0.29, 0.717) is 5.69 Å². The van der Waals surface area contributed by atoms with E-state index in [9.17, 15) is 5.11 Å². The molecule has 15 heavy (non-hydrogen) atoms. The first kappa shape index (κ1) is 11.6. The Morgan fingerprint density at radius 2 is 1.93 bits per heavy atom. The van der Waals surface area contributed by atoms with Crippen molar-refractivity contribution >= 4 is 5.82 Å². The number of pyridine rings is 1. The van der Waals surface area contributed by atoms with Crippen molar-refractivity contribution in [3.05, 3.63) is 29.1 Å². The zero-order valence-electron chi connectivity index (χ0n) is 9.81. The van der Waals surface area contributed by atoms with Gasteiger partial charge in [0.15, 0.2) is 0 Å². The molecule has 0 atom stereocenters. The summed E-state index contributed by atoms with van der Waals surface area (Å²) in [6, 6.07) is 0. The van der Waals surface area contributed by atoms with Crippen LogP contribution in [0.15, 0.2) is 12.3 Å². The standard InChI is InChI=1S/C12H18N2O/c1-6-7(2)13-12-9(4)8(3)11(15)10(5)14-12/h15H,2,6H2,1,3-5H3,(H,13,14). The Labute approximate surface area is 90.9 Å². The van der Waals surface area contributed by atoms with Gasteiger partial charge in [-0.3, -0.25) is 0 Å². The topological polar surface area (TPSA) is 45.2 Å². The second-order valence-electron chi connectivity index (χ2n) is 3.73. The highest BCUT2D eigenvalue weighted by Gasteiger charge is 2.10. The summed E-state index contributed by atoms with van der Waals surface area (Å²) >= 11 is 0. The SMILES string of the molecule is C=C(CC)Nc1nc(C)c(O)c(C)c1C. The van der Waals surface area contributed by atoms with Crippen LogP contribution in [0.2, 0.25) is 0 Å². The predicted molar refractivity (Wildman–Crippen MR) is 63.2 cm³/mol. The highest BCUT2D eigenvalue weighted by atomic mass is 16.3. The summed E-state index contributed by atoms with van der Waals surface area (Å²) in [5.74, 6) is 1.06. The highest BCUT2D eigenvalue weighted by molar-refractivity contribution is 5.56. The molecule has 0 spiro atoms. The van der Waals surface area contributed by atoms with Crippen LogP contribution in [0.4, 0.5) is 5.82 Å². The fourth-order valence-corrected chi connectivity index (χ4v) is 1.31. The summed E-state index contributed by atoms with van der Waals surface area (Å²) in [7, 11) is 0. The summed E-state index contributed by atoms with van der Waals surface area (Å²) < 4.78 is 0. The molecule has 0 aliphatic rings. The van der Waals surface area contributed by atoms with Gasteiger partial charge < -0.3 is 10.4 Å². The van der Waals surface area contributed by atoms with E-state index in [1.54, 1.807) is 6.92 Å². The number of hydrogen-bond acceptors (Lipinski definition) is 3. The first-order valence-corrected chi connectivity index (χ1v) is 5.09. The van der Waals surface area contributed by atoms with Gasteiger partial charge in [0.05, 0.1) is 5.69 Å². The Hall–Kier alpha value is -1.51. The Balaban J connectivity index is 3.15. The second-order valence-corrected chi connectivity index (χ2v) is 3.73. The van der Waals surface area contributed by atoms with E-state index in [2.05, 4.69) is 16.9 Å². The minimum atomic E-state index is 0.278. The molecule has 2 N–H and O–H groups in total. The third kappa shape index (κ3) is 2.29. The van der Waals surface area contributed by atoms with E-state index in [4.69, 9.17) is 0 Å². The molecule has 1 heterocycles. The van der Waals surface area contributed by atoms with Crippen molar-refractivity contribution < 1.29 is 5.11 Å². The molecular weight excluding hydrogens is 188 g/mol. The van der Waals surface area contributed by atoms with Crippen molar-refractivity contribution in [3.63, 3.8) is 0 Å². The molecule has 0 fully saturated rings. The lowest BCUT2D eigenvalue weighted by Crippen LogP contribution is -2.04. The first-order valence-electron chi connectivity index (χ1n) is 5.09. The van der Waals surface area contributed by atoms with Crippen LogP contribution in [-0.4, -0.2) is 10.1 Å². The zero-order chi connectivity index (χ0) is 11.6. The van der Waals surface area contributed by atoms with Gasteiger partial charge in [-0.2, -0.15) is 0 Å². The number of anilines is 1. The average molecular weight is 206 g/mol. The van der Waals surface area contributed by atoms with E-state index in [0.717, 1.165) is 29.1 Å². The van der Waals surface area contributed by atoms with Gasteiger partial charge in [0.25, 0.3) is 0 Å². The Kier molecular flexibility index (Phi) is 3.35. The van der Waals surface area contributed by atoms with Gasteiger partial charge in [0, 0.05) is 5.70 Å². The van der Waals surface area contributed by atoms with Gasteiger partial charge in [0.2, 0.25) is 0 Å². The summed E-state index contributed by atoms with van der Waals surface area (Å²) in [4.78, 5) is 4.30. The fraction of sp³-hybridized carbons (Fsp3) is 0.417. The Morgan fingerprint density at radius 1 is 1.33 bits per heavy atom. The summed E-state index contributed by atoms with van der Waals surface area (Å²) in [6.07, 6.45) is 0.861. The van der Waals surface area contributed by atoms with Crippen LogP contribution in [0, 0.1) is 20.8 Å². The number of aromatic hydroxyl groups is 1. The highest BCUT2D eigenvalue weighted by Crippen LogP contribution is 2.28. The maximum absolute atomic E-state index is 9.69. The van der Waals surface area contributed by atoms with Crippen LogP contribution in [0.5, 0.6) is 5.75 Å². The van der Waals surface area contributed by atoms with Crippen molar-refractivity contribution in [1.29, 1.82) is 0 Å². The molecular formula is C12H18N2O. The molecule has 0 saturated carbocycles. The second kappa shape index (κ2) is 4.34. The average Bonchev–Trinajstić information content (AvgIpc) is 2.22. The van der Waals surface area contributed by atoms with E-state index in [1.807, 2.05) is 20.8 Å². The maximum atomic E-state index is 9.69. The van der Waals surface area contributed by atoms with Gasteiger partial charge >= 0.3 is 0 Å². The normalized spacial score (nSPS) is 10.1. The van der Waals surface area contributed by atoms with Crippen LogP contribution < -0.4 is 5.32 Å². The molecule has 1 rings (SSSR count). The maximum Gasteiger partial charge on any atom is 0.140 e. The van der Waals surface area contributed by atoms with Crippen LogP contribution in [-0.2, 0) is 0 Å². The summed E-state index contributed by atoms with van der Waals surface area (Å²) in [5.41, 5.74) is 3.40. The van der Waals surface area contributed by atoms with Crippen molar-refractivity contribution in [2.24, 2.45) is 0 Å². The molecule has 0 bridgehead atoms. The van der Waals surface area contributed by atoms with Crippen LogP contribution in [0.25, 0.3) is 0 Å². The molecule has 82 valence electrons. The lowest BCUT2D eigenvalue weighted by molar-refractivity contribution is 0.463. The fourth-order valence-electron chi connectivity index (χ4n) is 1.31. The van der Waals surface area contributed by atoms with Gasteiger partial charge in [-0.15, -0.1) is 0 Å². The molecule has 0 aliphatic carbocycles. The zero-order valence-corrected chi connectivity index (χ0v) is 9.81. The molecule has 0 unspecified atom stereocenters. The number of aryl methyl sites for hydroxylation is 1. The lowest BCUT2D eigenvalue weighted by atomic mass is 10.1. The smallest absolute Gasteiger partial charge is 0.140 e. The molecule has 3 heteroatoms. The molecule has 1 aromatic heterocycles. The van der Waals surface area contributed by atoms with Crippen LogP contribution in [0.3, 0.4) is 0 Å². The minimum absolute atomic E-state index is 0.278. The molecule has 1 aromatic rings. The monoisotopic (exact) mass is 206 g/mol. The molecule has 3 nitrogen and oxygen atoms in total. The third-order valence-electron chi connectivity index (χ3n) is 2.62. The summed E-state index contributed by atoms with van der Waals surface area (Å²) in [6.45, 7) is 11.5. The van der Waals surface area contributed by atoms with Crippen molar-refractivity contribution in [2.45, 2.75) is 34.1 Å². The van der Waals surface area contributed by atoms with Gasteiger partial charge in [-0.25, -0.2) is 4.98 Å². The minimum Gasteiger partial charge on any atom is -0.506 e. The quantitative estimate of drug-likeness (QED) is 0.799. The number of hydrogen-bond donors (Lipinski definition) is 2. The lowest BCUT2D eigenvalue weighted by Gasteiger charge is -2.14. The van der Waals surface area contributed by atoms with E-state index in [1.165, 1.54) is 0 Å². The van der Waals surface area contributed by atoms with Crippen LogP contribution in [0.1, 0.15) is 30.2 Å². The van der Waals surface area contributed by atoms with Gasteiger partial charge in [-0.05, 0) is 38.3 Å². The van der Waals surface area contributed by atoms with Crippen molar-refractivity contribution in [2.75, 3.05) is 5.32 Å². The number of allylic oxidation sites excluding steroid dienone is 1. The molecule has 0 aromatic carbocycles. The van der Waals surface area contributed by atoms with Crippen LogP contribution >= 0.6 is 0 Å². The first-order chi connectivity index (χ1) is 6.97. The van der Waals surface area contributed by atoms with Crippen molar-refractivity contribution in [1.82, 2.24) is 4.98 Å². The Bertz CT molecular complexity index is 397. The van der Waals surface area contributed by atoms with Gasteiger partial charge in [0.1, 0.15) is 11.6 Å². The van der Waals surface area contributed by atoms with Crippen molar-refractivity contribution in [3.8, 4) is 5.75 Å². The van der Waals surface area contributed by atoms with E-state index >= 15 is 0 Å². The third-order valence-corrected chi connectivity index (χ3v) is 2.62. The number of nitrogens with zero attached hydrogens (tertiary/aromatic N) is 1. The molecule has 0 radical (unpaired) electrons. The Morgan fingerprint density at radius 3 is 2.47 bits per heavy atom. The van der Waals surface area contributed by atoms with E-state index < -0.39 is 0 Å². The molecule has 0 aliphatic heterocycles. The predicted octanol–water partition coefficient (Wildman–Crippen LogP) is 3.05. The number of rotatable bonds is 3. The number of nitrogens with one attached hydrogen (secondary N) is 1. The molecule has 0 saturated heterocycles. The van der Waals surface area contributed by atoms with Gasteiger partial charge in [-0.1, -0.05) is 13.5 Å². The summed E-state index contributed by atoms with van der Waals surface area (Å²) in [5, 5.41) is 12.8.